The Labute approximate surface area is 501 Å². The van der Waals surface area contributed by atoms with E-state index in [-0.39, 0.29) is 16.7 Å². The number of aromatic nitrogens is 8. The van der Waals surface area contributed by atoms with Crippen molar-refractivity contribution in [3.05, 3.63) is 278 Å². The lowest BCUT2D eigenvalue weighted by molar-refractivity contribution is -0.137. The van der Waals surface area contributed by atoms with Crippen LogP contribution in [-0.2, 0) is 6.18 Å². The standard InChI is InChI=1S/C75H43F3N10/c76-75(77,78)62-39-46(44-79)29-34-55(62)52-31-36-65(87-63-27-15-13-25-56(63)60-42-53(32-37-66(60)87)73-83-69(48-17-5-1-6-18-48)81-70(84-73)49-19-7-2-8-20-49)59(41-52)58-35-30-47(45-80)40-68(58)88-64-28-16-14-26-57(64)61-43-54(33-38-67(61)88)74-85-71(50-21-9-3-10-22-50)82-72(86-74)51-23-11-4-12-24-51/h1-43H. The molecule has 0 aliphatic carbocycles. The molecule has 4 aromatic heterocycles. The molecule has 414 valence electrons. The highest BCUT2D eigenvalue weighted by Gasteiger charge is 2.35. The van der Waals surface area contributed by atoms with Gasteiger partial charge in [-0.3, -0.25) is 0 Å². The summed E-state index contributed by atoms with van der Waals surface area (Å²) in [6.45, 7) is 0. The minimum absolute atomic E-state index is 0.1000. The van der Waals surface area contributed by atoms with Crippen LogP contribution in [-0.4, -0.2) is 39.0 Å². The molecule has 0 unspecified atom stereocenters. The Morgan fingerprint density at radius 1 is 0.284 bits per heavy atom. The summed E-state index contributed by atoms with van der Waals surface area (Å²) < 4.78 is 50.1. The molecule has 15 rings (SSSR count). The Morgan fingerprint density at radius 2 is 0.648 bits per heavy atom. The molecule has 4 heterocycles. The monoisotopic (exact) mass is 1140 g/mol. The molecule has 88 heavy (non-hydrogen) atoms. The van der Waals surface area contributed by atoms with Gasteiger partial charge in [0.15, 0.2) is 34.9 Å². The van der Waals surface area contributed by atoms with Crippen LogP contribution in [0.3, 0.4) is 0 Å². The second-order valence-electron chi connectivity index (χ2n) is 21.2. The molecule has 15 aromatic rings. The van der Waals surface area contributed by atoms with Gasteiger partial charge in [-0.1, -0.05) is 176 Å². The van der Waals surface area contributed by atoms with Crippen LogP contribution in [0.15, 0.2) is 261 Å². The van der Waals surface area contributed by atoms with Crippen molar-refractivity contribution in [2.75, 3.05) is 0 Å². The van der Waals surface area contributed by atoms with E-state index in [0.717, 1.165) is 83.1 Å². The summed E-state index contributed by atoms with van der Waals surface area (Å²) in [7, 11) is 0. The number of nitrogens with zero attached hydrogens (tertiary/aromatic N) is 10. The van der Waals surface area contributed by atoms with Crippen molar-refractivity contribution in [2.24, 2.45) is 0 Å². The van der Waals surface area contributed by atoms with E-state index in [1.165, 1.54) is 12.1 Å². The number of hydrogen-bond acceptors (Lipinski definition) is 8. The summed E-state index contributed by atoms with van der Waals surface area (Å²) in [5, 5.41) is 24.1. The molecule has 0 fully saturated rings. The van der Waals surface area contributed by atoms with E-state index in [1.807, 2.05) is 212 Å². The maximum Gasteiger partial charge on any atom is 0.417 e. The van der Waals surface area contributed by atoms with Gasteiger partial charge in [0, 0.05) is 66.1 Å². The Bertz CT molecular complexity index is 5220. The molecule has 0 saturated heterocycles. The van der Waals surface area contributed by atoms with E-state index < -0.39 is 11.7 Å². The predicted octanol–water partition coefficient (Wildman–Crippen LogP) is 18.3. The topological polar surface area (TPSA) is 135 Å². The van der Waals surface area contributed by atoms with Crippen LogP contribution in [0.1, 0.15) is 16.7 Å². The van der Waals surface area contributed by atoms with Gasteiger partial charge in [-0.15, -0.1) is 0 Å². The van der Waals surface area contributed by atoms with Crippen molar-refractivity contribution in [2.45, 2.75) is 6.18 Å². The number of halogens is 3. The summed E-state index contributed by atoms with van der Waals surface area (Å²) in [6, 6.07) is 86.1. The Morgan fingerprint density at radius 3 is 1.08 bits per heavy atom. The number of nitriles is 2. The van der Waals surface area contributed by atoms with E-state index in [2.05, 4.69) is 33.4 Å². The summed E-state index contributed by atoms with van der Waals surface area (Å²) in [5.41, 5.74) is 9.98. The van der Waals surface area contributed by atoms with Crippen LogP contribution < -0.4 is 0 Å². The number of fused-ring (bicyclic) bond motifs is 6. The van der Waals surface area contributed by atoms with Gasteiger partial charge in [0.1, 0.15) is 0 Å². The van der Waals surface area contributed by atoms with Crippen LogP contribution >= 0.6 is 0 Å². The number of para-hydroxylation sites is 2. The van der Waals surface area contributed by atoms with E-state index in [1.54, 1.807) is 18.2 Å². The quantitative estimate of drug-likeness (QED) is 0.132. The third-order valence-electron chi connectivity index (χ3n) is 15.9. The first-order valence-electron chi connectivity index (χ1n) is 28.3. The van der Waals surface area contributed by atoms with Crippen LogP contribution in [0.2, 0.25) is 0 Å². The Kier molecular flexibility index (Phi) is 12.8. The molecule has 13 heteroatoms. The molecule has 0 amide bonds. The molecule has 10 nitrogen and oxygen atoms in total. The molecule has 0 radical (unpaired) electrons. The summed E-state index contributed by atoms with van der Waals surface area (Å²) in [4.78, 5) is 30.1. The zero-order valence-electron chi connectivity index (χ0n) is 46.4. The van der Waals surface area contributed by atoms with Gasteiger partial charge < -0.3 is 9.13 Å². The van der Waals surface area contributed by atoms with E-state index in [0.29, 0.717) is 63.0 Å². The fourth-order valence-corrected chi connectivity index (χ4v) is 11.8. The number of alkyl halides is 3. The number of hydrogen-bond donors (Lipinski definition) is 0. The van der Waals surface area contributed by atoms with E-state index in [4.69, 9.17) is 29.9 Å². The second kappa shape index (κ2) is 21.5. The van der Waals surface area contributed by atoms with Crippen LogP contribution in [0, 0.1) is 22.7 Å². The molecule has 0 aliphatic heterocycles. The van der Waals surface area contributed by atoms with Gasteiger partial charge in [0.05, 0.1) is 62.3 Å². The normalized spacial score (nSPS) is 11.6. The molecule has 0 spiro atoms. The summed E-state index contributed by atoms with van der Waals surface area (Å²) in [5.74, 6) is 3.03. The van der Waals surface area contributed by atoms with Crippen molar-refractivity contribution in [3.8, 4) is 114 Å². The van der Waals surface area contributed by atoms with Gasteiger partial charge in [0.25, 0.3) is 0 Å². The van der Waals surface area contributed by atoms with Crippen molar-refractivity contribution in [1.82, 2.24) is 39.0 Å². The van der Waals surface area contributed by atoms with Gasteiger partial charge >= 0.3 is 6.18 Å². The fraction of sp³-hybridized carbons (Fsp3) is 0.0133. The largest absolute Gasteiger partial charge is 0.417 e. The first kappa shape index (κ1) is 52.6. The third-order valence-corrected chi connectivity index (χ3v) is 15.9. The minimum atomic E-state index is -4.80. The third kappa shape index (κ3) is 9.33. The maximum atomic E-state index is 15.3. The highest BCUT2D eigenvalue weighted by molar-refractivity contribution is 6.13. The highest BCUT2D eigenvalue weighted by Crippen LogP contribution is 2.46. The first-order chi connectivity index (χ1) is 43.1. The number of benzene rings is 11. The molecule has 0 bridgehead atoms. The number of rotatable bonds is 10. The lowest BCUT2D eigenvalue weighted by Crippen LogP contribution is -2.08. The molecule has 11 aromatic carbocycles. The highest BCUT2D eigenvalue weighted by atomic mass is 19.4. The molecular weight excluding hydrogens is 1100 g/mol. The van der Waals surface area contributed by atoms with Crippen molar-refractivity contribution >= 4 is 43.6 Å². The van der Waals surface area contributed by atoms with Gasteiger partial charge in [-0.25, -0.2) is 29.9 Å². The zero-order chi connectivity index (χ0) is 59.5. The Balaban J connectivity index is 0.963. The Hall–Kier alpha value is -12.2. The van der Waals surface area contributed by atoms with Crippen molar-refractivity contribution in [1.29, 1.82) is 10.5 Å². The predicted molar refractivity (Wildman–Crippen MR) is 340 cm³/mol. The van der Waals surface area contributed by atoms with Crippen LogP contribution in [0.5, 0.6) is 0 Å². The van der Waals surface area contributed by atoms with Gasteiger partial charge in [-0.05, 0) is 96.1 Å². The van der Waals surface area contributed by atoms with E-state index in [9.17, 15) is 10.5 Å². The SMILES string of the molecule is N#Cc1ccc(-c2cc(-c3ccc(C#N)cc3C(F)(F)F)ccc2-n2c3ccccc3c3cc(-c4nc(-c5ccccc5)nc(-c5ccccc5)n4)ccc32)c(-n2c3ccccc3c3cc(-c4nc(-c5ccccc5)nc(-c5ccccc5)n4)ccc32)c1. The lowest BCUT2D eigenvalue weighted by atomic mass is 9.92. The molecule has 0 saturated carbocycles. The van der Waals surface area contributed by atoms with Crippen molar-refractivity contribution < 1.29 is 13.2 Å². The average molecular weight is 1140 g/mol. The van der Waals surface area contributed by atoms with Crippen LogP contribution in [0.25, 0.3) is 146 Å². The van der Waals surface area contributed by atoms with Crippen molar-refractivity contribution in [3.63, 3.8) is 0 Å². The van der Waals surface area contributed by atoms with E-state index >= 15 is 13.2 Å². The zero-order valence-corrected chi connectivity index (χ0v) is 46.4. The summed E-state index contributed by atoms with van der Waals surface area (Å²) in [6.07, 6.45) is -4.80. The summed E-state index contributed by atoms with van der Waals surface area (Å²) >= 11 is 0. The van der Waals surface area contributed by atoms with Gasteiger partial charge in [-0.2, -0.15) is 23.7 Å². The van der Waals surface area contributed by atoms with Crippen LogP contribution in [0.4, 0.5) is 13.2 Å². The smallest absolute Gasteiger partial charge is 0.309 e. The molecular formula is C75H43F3N10. The average Bonchev–Trinajstić information content (AvgIpc) is 1.89. The molecule has 0 aliphatic rings. The first-order valence-corrected chi connectivity index (χ1v) is 28.3. The molecule has 0 N–H and O–H groups in total. The maximum absolute atomic E-state index is 15.3. The lowest BCUT2D eigenvalue weighted by Gasteiger charge is -2.21. The second-order valence-corrected chi connectivity index (χ2v) is 21.2. The fourth-order valence-electron chi connectivity index (χ4n) is 11.8. The molecule has 0 atom stereocenters. The van der Waals surface area contributed by atoms with Gasteiger partial charge in [0.2, 0.25) is 0 Å². The minimum Gasteiger partial charge on any atom is -0.309 e.